The van der Waals surface area contributed by atoms with Crippen LogP contribution in [-0.4, -0.2) is 36.5 Å². The molecule has 1 N–H and O–H groups in total. The Bertz CT molecular complexity index is 492. The van der Waals surface area contributed by atoms with Gasteiger partial charge in [0.25, 0.3) is 5.91 Å². The lowest BCUT2D eigenvalue weighted by atomic mass is 10.0. The highest BCUT2D eigenvalue weighted by Gasteiger charge is 2.40. The van der Waals surface area contributed by atoms with Crippen LogP contribution in [0.3, 0.4) is 0 Å². The van der Waals surface area contributed by atoms with Crippen molar-refractivity contribution >= 4 is 29.1 Å². The van der Waals surface area contributed by atoms with Gasteiger partial charge in [-0.3, -0.25) is 4.79 Å². The van der Waals surface area contributed by atoms with Gasteiger partial charge in [-0.2, -0.15) is 0 Å². The number of nitrogens with one attached hydrogen (secondary N) is 1. The summed E-state index contributed by atoms with van der Waals surface area (Å²) in [5.74, 6) is 0.589. The van der Waals surface area contributed by atoms with Crippen molar-refractivity contribution in [2.75, 3.05) is 19.6 Å². The number of fused-ring (bicyclic) bond motifs is 1. The molecule has 96 valence electrons. The Morgan fingerprint density at radius 1 is 1.33 bits per heavy atom. The lowest BCUT2D eigenvalue weighted by molar-refractivity contribution is 0.0737. The molecule has 18 heavy (non-hydrogen) atoms. The zero-order valence-corrected chi connectivity index (χ0v) is 11.3. The second-order valence-corrected chi connectivity index (χ2v) is 5.74. The molecule has 2 aliphatic heterocycles. The highest BCUT2D eigenvalue weighted by atomic mass is 35.5. The van der Waals surface area contributed by atoms with E-state index in [1.165, 1.54) is 0 Å². The number of hydrogen-bond acceptors (Lipinski definition) is 2. The van der Waals surface area contributed by atoms with Crippen LogP contribution in [0, 0.1) is 5.92 Å². The first-order valence-corrected chi connectivity index (χ1v) is 6.89. The van der Waals surface area contributed by atoms with Crippen LogP contribution in [0.4, 0.5) is 0 Å². The predicted octanol–water partition coefficient (Wildman–Crippen LogP) is 2.43. The van der Waals surface area contributed by atoms with Crippen LogP contribution in [-0.2, 0) is 0 Å². The van der Waals surface area contributed by atoms with E-state index in [-0.39, 0.29) is 5.91 Å². The summed E-state index contributed by atoms with van der Waals surface area (Å²) in [7, 11) is 0. The molecule has 2 heterocycles. The minimum atomic E-state index is -0.00120. The molecule has 2 saturated heterocycles. The van der Waals surface area contributed by atoms with Gasteiger partial charge in [0, 0.05) is 30.7 Å². The maximum atomic E-state index is 12.5. The number of likely N-dealkylation sites (tertiary alicyclic amines) is 1. The second-order valence-electron chi connectivity index (χ2n) is 4.90. The summed E-state index contributed by atoms with van der Waals surface area (Å²) >= 11 is 12.0. The van der Waals surface area contributed by atoms with Crippen molar-refractivity contribution in [3.8, 4) is 0 Å². The van der Waals surface area contributed by atoms with Crippen molar-refractivity contribution in [2.24, 2.45) is 5.92 Å². The molecule has 3 nitrogen and oxygen atoms in total. The molecule has 0 radical (unpaired) electrons. The second kappa shape index (κ2) is 4.72. The highest BCUT2D eigenvalue weighted by molar-refractivity contribution is 6.35. The molecule has 0 bridgehead atoms. The first-order chi connectivity index (χ1) is 8.66. The van der Waals surface area contributed by atoms with Gasteiger partial charge >= 0.3 is 0 Å². The van der Waals surface area contributed by atoms with Crippen molar-refractivity contribution < 1.29 is 4.79 Å². The molecule has 0 unspecified atom stereocenters. The Morgan fingerprint density at radius 2 is 2.17 bits per heavy atom. The van der Waals surface area contributed by atoms with E-state index in [1.807, 2.05) is 4.90 Å². The van der Waals surface area contributed by atoms with Gasteiger partial charge in [0.05, 0.1) is 10.6 Å². The molecule has 0 saturated carbocycles. The number of halogens is 2. The van der Waals surface area contributed by atoms with Crippen LogP contribution in [0.25, 0.3) is 0 Å². The fourth-order valence-corrected chi connectivity index (χ4v) is 3.29. The summed E-state index contributed by atoms with van der Waals surface area (Å²) in [5, 5.41) is 4.35. The summed E-state index contributed by atoms with van der Waals surface area (Å²) in [6.45, 7) is 2.71. The zero-order valence-electron chi connectivity index (χ0n) is 9.83. The minimum absolute atomic E-state index is 0.00120. The Hall–Kier alpha value is -0.770. The summed E-state index contributed by atoms with van der Waals surface area (Å²) in [6.07, 6.45) is 1.07. The van der Waals surface area contributed by atoms with Crippen LogP contribution in [0.15, 0.2) is 18.2 Å². The fraction of sp³-hybridized carbons (Fsp3) is 0.462. The predicted molar refractivity (Wildman–Crippen MR) is 72.3 cm³/mol. The van der Waals surface area contributed by atoms with Crippen LogP contribution in [0.1, 0.15) is 16.8 Å². The third-order valence-corrected chi connectivity index (χ3v) is 4.43. The quantitative estimate of drug-likeness (QED) is 0.859. The third kappa shape index (κ3) is 2.00. The van der Waals surface area contributed by atoms with E-state index in [0.29, 0.717) is 27.6 Å². The average Bonchev–Trinajstić information content (AvgIpc) is 2.93. The van der Waals surface area contributed by atoms with E-state index >= 15 is 0 Å². The van der Waals surface area contributed by atoms with Crippen molar-refractivity contribution in [1.29, 1.82) is 0 Å². The molecular formula is C13H14Cl2N2O. The normalized spacial score (nSPS) is 26.4. The van der Waals surface area contributed by atoms with Gasteiger partial charge in [-0.25, -0.2) is 0 Å². The van der Waals surface area contributed by atoms with E-state index < -0.39 is 0 Å². The SMILES string of the molecule is O=C(c1cc(Cl)ccc1Cl)N1CC[C@H]2CNC[C@H]21. The smallest absolute Gasteiger partial charge is 0.255 e. The van der Waals surface area contributed by atoms with E-state index in [9.17, 15) is 4.79 Å². The van der Waals surface area contributed by atoms with Crippen LogP contribution >= 0.6 is 23.2 Å². The summed E-state index contributed by atoms with van der Waals surface area (Å²) in [4.78, 5) is 14.5. The fourth-order valence-electron chi connectivity index (χ4n) is 2.92. The Kier molecular flexibility index (Phi) is 3.22. The zero-order chi connectivity index (χ0) is 12.7. The third-order valence-electron chi connectivity index (χ3n) is 3.86. The van der Waals surface area contributed by atoms with E-state index in [0.717, 1.165) is 26.1 Å². The molecule has 0 spiro atoms. The van der Waals surface area contributed by atoms with Gasteiger partial charge in [0.1, 0.15) is 0 Å². The van der Waals surface area contributed by atoms with Crippen LogP contribution in [0.2, 0.25) is 10.0 Å². The van der Waals surface area contributed by atoms with Gasteiger partial charge in [-0.05, 0) is 30.5 Å². The standard InChI is InChI=1S/C13H14Cl2N2O/c14-9-1-2-11(15)10(5-9)13(18)17-4-3-8-6-16-7-12(8)17/h1-2,5,8,12,16H,3-4,6-7H2/t8-,12+/m0/s1. The van der Waals surface area contributed by atoms with Gasteiger partial charge in [-0.15, -0.1) is 0 Å². The number of rotatable bonds is 1. The van der Waals surface area contributed by atoms with Gasteiger partial charge in [0.2, 0.25) is 0 Å². The number of benzene rings is 1. The first kappa shape index (κ1) is 12.3. The molecule has 1 aromatic carbocycles. The van der Waals surface area contributed by atoms with Crippen molar-refractivity contribution in [1.82, 2.24) is 10.2 Å². The molecule has 2 atom stereocenters. The molecule has 3 rings (SSSR count). The molecule has 1 aromatic rings. The Labute approximate surface area is 116 Å². The number of hydrogen-bond donors (Lipinski definition) is 1. The van der Waals surface area contributed by atoms with Gasteiger partial charge in [-0.1, -0.05) is 23.2 Å². The Balaban J connectivity index is 1.88. The van der Waals surface area contributed by atoms with E-state index in [1.54, 1.807) is 18.2 Å². The molecule has 5 heteroatoms. The number of amides is 1. The summed E-state index contributed by atoms with van der Waals surface area (Å²) < 4.78 is 0. The highest BCUT2D eigenvalue weighted by Crippen LogP contribution is 2.30. The number of carbonyl (C=O) groups excluding carboxylic acids is 1. The molecule has 0 aromatic heterocycles. The van der Waals surface area contributed by atoms with E-state index in [2.05, 4.69) is 5.32 Å². The largest absolute Gasteiger partial charge is 0.334 e. The minimum Gasteiger partial charge on any atom is -0.334 e. The number of carbonyl (C=O) groups is 1. The lowest BCUT2D eigenvalue weighted by Gasteiger charge is -2.24. The first-order valence-electron chi connectivity index (χ1n) is 6.13. The lowest BCUT2D eigenvalue weighted by Crippen LogP contribution is -2.39. The molecular weight excluding hydrogens is 271 g/mol. The van der Waals surface area contributed by atoms with Gasteiger partial charge in [0.15, 0.2) is 0 Å². The number of nitrogens with zero attached hydrogens (tertiary/aromatic N) is 1. The molecule has 2 aliphatic rings. The maximum absolute atomic E-state index is 12.5. The summed E-state index contributed by atoms with van der Waals surface area (Å²) in [5.41, 5.74) is 0.511. The Morgan fingerprint density at radius 3 is 3.00 bits per heavy atom. The van der Waals surface area contributed by atoms with Crippen LogP contribution in [0.5, 0.6) is 0 Å². The topological polar surface area (TPSA) is 32.3 Å². The van der Waals surface area contributed by atoms with Crippen molar-refractivity contribution in [3.63, 3.8) is 0 Å². The molecule has 1 amide bonds. The molecule has 2 fully saturated rings. The van der Waals surface area contributed by atoms with E-state index in [4.69, 9.17) is 23.2 Å². The maximum Gasteiger partial charge on any atom is 0.255 e. The molecule has 0 aliphatic carbocycles. The monoisotopic (exact) mass is 284 g/mol. The van der Waals surface area contributed by atoms with Crippen LogP contribution < -0.4 is 5.32 Å². The average molecular weight is 285 g/mol. The van der Waals surface area contributed by atoms with Gasteiger partial charge < -0.3 is 10.2 Å². The van der Waals surface area contributed by atoms with Crippen molar-refractivity contribution in [2.45, 2.75) is 12.5 Å². The summed E-state index contributed by atoms with van der Waals surface area (Å²) in [6, 6.07) is 5.34. The van der Waals surface area contributed by atoms with Crippen molar-refractivity contribution in [3.05, 3.63) is 33.8 Å².